The molecule has 0 heterocycles. The molecular weight excluding hydrogens is 410 g/mol. The molecule has 0 spiro atoms. The molecule has 3 amide bonds. The van der Waals surface area contributed by atoms with Crippen molar-refractivity contribution in [1.82, 2.24) is 5.32 Å². The lowest BCUT2D eigenvalue weighted by Crippen LogP contribution is -2.31. The molecule has 0 saturated carbocycles. The maximum absolute atomic E-state index is 12.2. The second-order valence-corrected chi connectivity index (χ2v) is 7.90. The van der Waals surface area contributed by atoms with Gasteiger partial charge >= 0.3 is 12.1 Å². The highest BCUT2D eigenvalue weighted by molar-refractivity contribution is 9.10. The molecule has 6 nitrogen and oxygen atoms in total. The van der Waals surface area contributed by atoms with Crippen molar-refractivity contribution in [3.63, 3.8) is 0 Å². The number of ether oxygens (including phenoxy) is 1. The molecule has 27 heavy (non-hydrogen) atoms. The predicted molar refractivity (Wildman–Crippen MR) is 111 cm³/mol. The molecule has 0 radical (unpaired) electrons. The molecule has 144 valence electrons. The Hall–Kier alpha value is -2.54. The van der Waals surface area contributed by atoms with Gasteiger partial charge in [0.15, 0.2) is 0 Å². The van der Waals surface area contributed by atoms with Crippen molar-refractivity contribution in [3.8, 4) is 0 Å². The van der Waals surface area contributed by atoms with Crippen LogP contribution in [0, 0.1) is 0 Å². The van der Waals surface area contributed by atoms with Crippen molar-refractivity contribution in [2.24, 2.45) is 0 Å². The first kappa shape index (κ1) is 20.8. The largest absolute Gasteiger partial charge is 0.444 e. The number of carbonyl (C=O) groups is 2. The maximum Gasteiger partial charge on any atom is 0.412 e. The van der Waals surface area contributed by atoms with E-state index < -0.39 is 11.7 Å². The summed E-state index contributed by atoms with van der Waals surface area (Å²) in [4.78, 5) is 24.0. The standard InChI is InChI=1S/C20H24BrN3O3/c1-13(16-7-5-6-8-17(16)21)22-18(25)23-14-9-11-15(12-10-14)24-19(26)27-20(2,3)4/h5-13H,1-4H3,(H,24,26)(H2,22,23,25). The summed E-state index contributed by atoms with van der Waals surface area (Å²) in [5.74, 6) is 0. The van der Waals surface area contributed by atoms with E-state index in [9.17, 15) is 9.59 Å². The van der Waals surface area contributed by atoms with Crippen LogP contribution < -0.4 is 16.0 Å². The topological polar surface area (TPSA) is 79.5 Å². The Morgan fingerprint density at radius 1 is 0.963 bits per heavy atom. The van der Waals surface area contributed by atoms with Gasteiger partial charge in [-0.2, -0.15) is 0 Å². The van der Waals surface area contributed by atoms with Crippen LogP contribution in [0.4, 0.5) is 21.0 Å². The van der Waals surface area contributed by atoms with Crippen molar-refractivity contribution < 1.29 is 14.3 Å². The zero-order chi connectivity index (χ0) is 20.0. The molecule has 0 aromatic heterocycles. The van der Waals surface area contributed by atoms with E-state index in [1.54, 1.807) is 45.0 Å². The summed E-state index contributed by atoms with van der Waals surface area (Å²) in [6.07, 6.45) is -0.525. The highest BCUT2D eigenvalue weighted by atomic mass is 79.9. The lowest BCUT2D eigenvalue weighted by atomic mass is 10.1. The van der Waals surface area contributed by atoms with Gasteiger partial charge in [0.1, 0.15) is 5.60 Å². The fourth-order valence-corrected chi connectivity index (χ4v) is 2.95. The van der Waals surface area contributed by atoms with Gasteiger partial charge in [-0.05, 0) is 63.6 Å². The molecule has 0 saturated heterocycles. The molecule has 0 bridgehead atoms. The van der Waals surface area contributed by atoms with Crippen LogP contribution >= 0.6 is 15.9 Å². The first-order valence-electron chi connectivity index (χ1n) is 8.56. The number of benzene rings is 2. The zero-order valence-electron chi connectivity index (χ0n) is 15.8. The summed E-state index contributed by atoms with van der Waals surface area (Å²) < 4.78 is 6.14. The average Bonchev–Trinajstić information content (AvgIpc) is 2.55. The van der Waals surface area contributed by atoms with Crippen molar-refractivity contribution in [2.75, 3.05) is 10.6 Å². The number of hydrogen-bond donors (Lipinski definition) is 3. The summed E-state index contributed by atoms with van der Waals surface area (Å²) in [6.45, 7) is 7.31. The monoisotopic (exact) mass is 433 g/mol. The highest BCUT2D eigenvalue weighted by Gasteiger charge is 2.16. The first-order valence-corrected chi connectivity index (χ1v) is 9.35. The van der Waals surface area contributed by atoms with E-state index in [-0.39, 0.29) is 12.1 Å². The molecule has 0 fully saturated rings. The number of urea groups is 1. The Bertz CT molecular complexity index is 801. The Morgan fingerprint density at radius 3 is 2.07 bits per heavy atom. The van der Waals surface area contributed by atoms with E-state index in [0.717, 1.165) is 10.0 Å². The minimum absolute atomic E-state index is 0.159. The number of halogens is 1. The Balaban J connectivity index is 1.89. The van der Waals surface area contributed by atoms with Gasteiger partial charge < -0.3 is 15.4 Å². The Morgan fingerprint density at radius 2 is 1.52 bits per heavy atom. The normalized spacial score (nSPS) is 12.0. The summed E-state index contributed by atoms with van der Waals surface area (Å²) in [5, 5.41) is 8.30. The molecule has 2 aromatic carbocycles. The van der Waals surface area contributed by atoms with Gasteiger partial charge in [0.2, 0.25) is 0 Å². The van der Waals surface area contributed by atoms with E-state index in [1.165, 1.54) is 0 Å². The second kappa shape index (κ2) is 8.90. The molecule has 7 heteroatoms. The zero-order valence-corrected chi connectivity index (χ0v) is 17.4. The van der Waals surface area contributed by atoms with Gasteiger partial charge in [0.05, 0.1) is 6.04 Å². The maximum atomic E-state index is 12.2. The minimum Gasteiger partial charge on any atom is -0.444 e. The number of carbonyl (C=O) groups excluding carboxylic acids is 2. The van der Waals surface area contributed by atoms with Gasteiger partial charge in [-0.15, -0.1) is 0 Å². The number of rotatable bonds is 4. The van der Waals surface area contributed by atoms with E-state index in [2.05, 4.69) is 31.9 Å². The molecule has 0 aliphatic rings. The number of amides is 3. The minimum atomic E-state index is -0.561. The molecule has 3 N–H and O–H groups in total. The fourth-order valence-electron chi connectivity index (χ4n) is 2.33. The lowest BCUT2D eigenvalue weighted by Gasteiger charge is -2.19. The van der Waals surface area contributed by atoms with Crippen LogP contribution in [0.15, 0.2) is 53.0 Å². The third kappa shape index (κ3) is 6.94. The van der Waals surface area contributed by atoms with Gasteiger partial charge in [-0.3, -0.25) is 5.32 Å². The van der Waals surface area contributed by atoms with Crippen LogP contribution in [-0.2, 0) is 4.74 Å². The summed E-state index contributed by atoms with van der Waals surface area (Å²) in [7, 11) is 0. The predicted octanol–water partition coefficient (Wildman–Crippen LogP) is 5.68. The van der Waals surface area contributed by atoms with Crippen LogP contribution in [0.2, 0.25) is 0 Å². The molecule has 2 rings (SSSR count). The molecule has 0 aliphatic heterocycles. The molecule has 2 aromatic rings. The first-order chi connectivity index (χ1) is 12.6. The van der Waals surface area contributed by atoms with Crippen LogP contribution in [0.5, 0.6) is 0 Å². The van der Waals surface area contributed by atoms with Crippen molar-refractivity contribution in [3.05, 3.63) is 58.6 Å². The van der Waals surface area contributed by atoms with E-state index >= 15 is 0 Å². The van der Waals surface area contributed by atoms with Crippen LogP contribution in [-0.4, -0.2) is 17.7 Å². The average molecular weight is 434 g/mol. The van der Waals surface area contributed by atoms with E-state index in [1.807, 2.05) is 31.2 Å². The summed E-state index contributed by atoms with van der Waals surface area (Å²) >= 11 is 3.48. The molecule has 1 atom stereocenters. The summed E-state index contributed by atoms with van der Waals surface area (Å²) in [6, 6.07) is 14.0. The highest BCUT2D eigenvalue weighted by Crippen LogP contribution is 2.23. The van der Waals surface area contributed by atoms with Gasteiger partial charge in [-0.1, -0.05) is 34.1 Å². The second-order valence-electron chi connectivity index (χ2n) is 7.05. The van der Waals surface area contributed by atoms with Crippen LogP contribution in [0.25, 0.3) is 0 Å². The van der Waals surface area contributed by atoms with Crippen molar-refractivity contribution >= 4 is 39.4 Å². The van der Waals surface area contributed by atoms with Gasteiger partial charge in [0, 0.05) is 15.8 Å². The Kier molecular flexibility index (Phi) is 6.85. The Labute approximate surface area is 167 Å². The van der Waals surface area contributed by atoms with E-state index in [0.29, 0.717) is 11.4 Å². The number of hydrogen-bond acceptors (Lipinski definition) is 3. The number of nitrogens with one attached hydrogen (secondary N) is 3. The van der Waals surface area contributed by atoms with Crippen LogP contribution in [0.1, 0.15) is 39.3 Å². The molecular formula is C20H24BrN3O3. The quantitative estimate of drug-likeness (QED) is 0.580. The van der Waals surface area contributed by atoms with Crippen LogP contribution in [0.3, 0.4) is 0 Å². The molecule has 0 aliphatic carbocycles. The lowest BCUT2D eigenvalue weighted by molar-refractivity contribution is 0.0636. The third-order valence-corrected chi connectivity index (χ3v) is 4.23. The number of anilines is 2. The van der Waals surface area contributed by atoms with Gasteiger partial charge in [0.25, 0.3) is 0 Å². The third-order valence-electron chi connectivity index (χ3n) is 3.51. The SMILES string of the molecule is CC(NC(=O)Nc1ccc(NC(=O)OC(C)(C)C)cc1)c1ccccc1Br. The van der Waals surface area contributed by atoms with Crippen molar-refractivity contribution in [2.45, 2.75) is 39.3 Å². The van der Waals surface area contributed by atoms with Gasteiger partial charge in [-0.25, -0.2) is 9.59 Å². The smallest absolute Gasteiger partial charge is 0.412 e. The summed E-state index contributed by atoms with van der Waals surface area (Å²) in [5.41, 5.74) is 1.62. The molecule has 1 unspecified atom stereocenters. The van der Waals surface area contributed by atoms with Crippen molar-refractivity contribution in [1.29, 1.82) is 0 Å². The fraction of sp³-hybridized carbons (Fsp3) is 0.300. The van der Waals surface area contributed by atoms with E-state index in [4.69, 9.17) is 4.74 Å².